The second-order valence-electron chi connectivity index (χ2n) is 7.68. The van der Waals surface area contributed by atoms with Gasteiger partial charge in [-0.15, -0.1) is 11.3 Å². The molecule has 0 aliphatic rings. The smallest absolute Gasteiger partial charge is 0.263 e. The van der Waals surface area contributed by atoms with E-state index in [0.717, 1.165) is 27.6 Å². The first kappa shape index (κ1) is 20.9. The molecule has 0 spiro atoms. The van der Waals surface area contributed by atoms with Gasteiger partial charge >= 0.3 is 0 Å². The van der Waals surface area contributed by atoms with E-state index in [2.05, 4.69) is 10.3 Å². The Kier molecular flexibility index (Phi) is 5.40. The van der Waals surface area contributed by atoms with Gasteiger partial charge in [0.25, 0.3) is 5.56 Å². The lowest BCUT2D eigenvalue weighted by atomic mass is 10.1. The highest BCUT2D eigenvalue weighted by atomic mass is 32.1. The molecule has 3 aromatic carbocycles. The number of hydrogen-bond acceptors (Lipinski definition) is 5. The molecule has 0 fully saturated rings. The van der Waals surface area contributed by atoms with Crippen molar-refractivity contribution in [3.63, 3.8) is 0 Å². The topological polar surface area (TPSA) is 73.2 Å². The molecule has 2 heterocycles. The Balaban J connectivity index is 1.50. The zero-order chi connectivity index (χ0) is 22.9. The Bertz CT molecular complexity index is 1550. The van der Waals surface area contributed by atoms with Gasteiger partial charge in [-0.05, 0) is 36.1 Å². The minimum Gasteiger partial charge on any atom is -0.497 e. The van der Waals surface area contributed by atoms with Crippen LogP contribution in [0.5, 0.6) is 5.75 Å². The summed E-state index contributed by atoms with van der Waals surface area (Å²) in [5, 5.41) is 7.39. The molecule has 0 saturated carbocycles. The number of amides is 1. The molecule has 7 heteroatoms. The standard InChI is InChI=1S/C26H21N3O3S/c1-16-27-25-24(21(15-33-25)18-10-12-19(32-2)13-11-18)26(31)29(16)14-23(30)28-22-9-5-7-17-6-3-4-8-20(17)22/h3-13,15H,14H2,1-2H3,(H,28,30). The average Bonchev–Trinajstić information content (AvgIpc) is 3.26. The van der Waals surface area contributed by atoms with Crippen LogP contribution in [0.25, 0.3) is 32.1 Å². The predicted molar refractivity (Wildman–Crippen MR) is 133 cm³/mol. The summed E-state index contributed by atoms with van der Waals surface area (Å²) < 4.78 is 6.66. The van der Waals surface area contributed by atoms with Crippen LogP contribution in [0.4, 0.5) is 5.69 Å². The molecule has 5 rings (SSSR count). The van der Waals surface area contributed by atoms with Crippen LogP contribution >= 0.6 is 11.3 Å². The quantitative estimate of drug-likeness (QED) is 0.394. The van der Waals surface area contributed by atoms with Crippen molar-refractivity contribution in [1.82, 2.24) is 9.55 Å². The van der Waals surface area contributed by atoms with E-state index in [1.54, 1.807) is 14.0 Å². The summed E-state index contributed by atoms with van der Waals surface area (Å²) >= 11 is 1.42. The molecule has 0 aliphatic carbocycles. The number of hydrogen-bond donors (Lipinski definition) is 1. The minimum absolute atomic E-state index is 0.116. The fourth-order valence-corrected chi connectivity index (χ4v) is 4.95. The fraction of sp³-hybridized carbons (Fsp3) is 0.115. The number of nitrogens with one attached hydrogen (secondary N) is 1. The monoisotopic (exact) mass is 455 g/mol. The normalized spacial score (nSPS) is 11.1. The van der Waals surface area contributed by atoms with Crippen LogP contribution in [-0.2, 0) is 11.3 Å². The second-order valence-corrected chi connectivity index (χ2v) is 8.54. The van der Waals surface area contributed by atoms with Gasteiger partial charge in [0.15, 0.2) is 0 Å². The van der Waals surface area contributed by atoms with Gasteiger partial charge in [-0.2, -0.15) is 0 Å². The van der Waals surface area contributed by atoms with Crippen LogP contribution in [0, 0.1) is 6.92 Å². The van der Waals surface area contributed by atoms with Crippen LogP contribution in [0.1, 0.15) is 5.82 Å². The van der Waals surface area contributed by atoms with Gasteiger partial charge in [-0.1, -0.05) is 48.5 Å². The number of methoxy groups -OCH3 is 1. The Labute approximate surface area is 194 Å². The van der Waals surface area contributed by atoms with E-state index in [1.807, 2.05) is 72.1 Å². The van der Waals surface area contributed by atoms with Crippen LogP contribution in [0.15, 0.2) is 76.9 Å². The molecule has 33 heavy (non-hydrogen) atoms. The Hall–Kier alpha value is -3.97. The summed E-state index contributed by atoms with van der Waals surface area (Å²) in [6.07, 6.45) is 0. The van der Waals surface area contributed by atoms with Crippen molar-refractivity contribution in [3.05, 3.63) is 88.3 Å². The molecule has 6 nitrogen and oxygen atoms in total. The third-order valence-electron chi connectivity index (χ3n) is 5.65. The molecule has 164 valence electrons. The lowest BCUT2D eigenvalue weighted by molar-refractivity contribution is -0.116. The highest BCUT2D eigenvalue weighted by Gasteiger charge is 2.17. The maximum Gasteiger partial charge on any atom is 0.263 e. The molecular weight excluding hydrogens is 434 g/mol. The zero-order valence-corrected chi connectivity index (χ0v) is 19.0. The molecule has 1 N–H and O–H groups in total. The number of nitrogens with zero attached hydrogens (tertiary/aromatic N) is 2. The Morgan fingerprint density at radius 1 is 1.06 bits per heavy atom. The number of thiophene rings is 1. The molecule has 1 amide bonds. The van der Waals surface area contributed by atoms with Crippen molar-refractivity contribution in [1.29, 1.82) is 0 Å². The van der Waals surface area contributed by atoms with E-state index in [1.165, 1.54) is 15.9 Å². The number of aromatic nitrogens is 2. The number of fused-ring (bicyclic) bond motifs is 2. The number of rotatable bonds is 5. The SMILES string of the molecule is COc1ccc(-c2csc3nc(C)n(CC(=O)Nc4cccc5ccccc45)c(=O)c23)cc1. The van der Waals surface area contributed by atoms with Crippen molar-refractivity contribution in [2.24, 2.45) is 0 Å². The largest absolute Gasteiger partial charge is 0.497 e. The van der Waals surface area contributed by atoms with Gasteiger partial charge in [0, 0.05) is 22.0 Å². The fourth-order valence-electron chi connectivity index (χ4n) is 3.96. The van der Waals surface area contributed by atoms with Gasteiger partial charge < -0.3 is 10.1 Å². The minimum atomic E-state index is -0.279. The predicted octanol–water partition coefficient (Wildman–Crippen LogP) is 5.23. The lowest BCUT2D eigenvalue weighted by Crippen LogP contribution is -2.30. The summed E-state index contributed by atoms with van der Waals surface area (Å²) in [5.41, 5.74) is 2.19. The van der Waals surface area contributed by atoms with E-state index in [-0.39, 0.29) is 18.0 Å². The number of benzene rings is 3. The molecule has 0 atom stereocenters. The van der Waals surface area contributed by atoms with E-state index < -0.39 is 0 Å². The van der Waals surface area contributed by atoms with Crippen molar-refractivity contribution < 1.29 is 9.53 Å². The Morgan fingerprint density at radius 2 is 1.82 bits per heavy atom. The number of carbonyl (C=O) groups is 1. The number of anilines is 1. The van der Waals surface area contributed by atoms with Crippen LogP contribution in [0.2, 0.25) is 0 Å². The number of aryl methyl sites for hydroxylation is 1. The Morgan fingerprint density at radius 3 is 2.61 bits per heavy atom. The summed E-state index contributed by atoms with van der Waals surface area (Å²) in [6.45, 7) is 1.63. The first-order chi connectivity index (χ1) is 16.0. The summed E-state index contributed by atoms with van der Waals surface area (Å²) in [6, 6.07) is 21.1. The highest BCUT2D eigenvalue weighted by molar-refractivity contribution is 7.17. The summed E-state index contributed by atoms with van der Waals surface area (Å²) in [5.74, 6) is 0.970. The van der Waals surface area contributed by atoms with Crippen molar-refractivity contribution >= 4 is 43.9 Å². The third-order valence-corrected chi connectivity index (χ3v) is 6.52. The van der Waals surface area contributed by atoms with E-state index >= 15 is 0 Å². The molecule has 0 bridgehead atoms. The summed E-state index contributed by atoms with van der Waals surface area (Å²) in [7, 11) is 1.61. The molecule has 0 saturated heterocycles. The lowest BCUT2D eigenvalue weighted by Gasteiger charge is -2.12. The molecular formula is C26H21N3O3S. The number of ether oxygens (including phenoxy) is 1. The van der Waals surface area contributed by atoms with E-state index in [0.29, 0.717) is 21.7 Å². The average molecular weight is 456 g/mol. The molecule has 0 radical (unpaired) electrons. The molecule has 5 aromatic rings. The third kappa shape index (κ3) is 3.87. The van der Waals surface area contributed by atoms with Gasteiger partial charge in [-0.3, -0.25) is 14.2 Å². The van der Waals surface area contributed by atoms with Crippen LogP contribution in [-0.4, -0.2) is 22.6 Å². The first-order valence-electron chi connectivity index (χ1n) is 10.5. The highest BCUT2D eigenvalue weighted by Crippen LogP contribution is 2.32. The molecule has 0 aliphatic heterocycles. The second kappa shape index (κ2) is 8.52. The van der Waals surface area contributed by atoms with Crippen molar-refractivity contribution in [2.45, 2.75) is 13.5 Å². The molecule has 2 aromatic heterocycles. The van der Waals surface area contributed by atoms with E-state index in [4.69, 9.17) is 4.74 Å². The van der Waals surface area contributed by atoms with Gasteiger partial charge in [-0.25, -0.2) is 4.98 Å². The number of carbonyl (C=O) groups excluding carboxylic acids is 1. The molecule has 0 unspecified atom stereocenters. The first-order valence-corrected chi connectivity index (χ1v) is 11.3. The maximum atomic E-state index is 13.5. The van der Waals surface area contributed by atoms with Crippen LogP contribution < -0.4 is 15.6 Å². The van der Waals surface area contributed by atoms with Gasteiger partial charge in [0.05, 0.1) is 12.5 Å². The van der Waals surface area contributed by atoms with Crippen molar-refractivity contribution in [3.8, 4) is 16.9 Å². The maximum absolute atomic E-state index is 13.5. The van der Waals surface area contributed by atoms with Crippen molar-refractivity contribution in [2.75, 3.05) is 12.4 Å². The van der Waals surface area contributed by atoms with Gasteiger partial charge in [0.1, 0.15) is 22.9 Å². The van der Waals surface area contributed by atoms with E-state index in [9.17, 15) is 9.59 Å². The summed E-state index contributed by atoms with van der Waals surface area (Å²) in [4.78, 5) is 31.6. The van der Waals surface area contributed by atoms with Gasteiger partial charge in [0.2, 0.25) is 5.91 Å². The van der Waals surface area contributed by atoms with Crippen LogP contribution in [0.3, 0.4) is 0 Å². The zero-order valence-electron chi connectivity index (χ0n) is 18.2.